The number of Topliss-reactive ketones (excluding diaryl/α,β-unsaturated/α-hetero) is 1. The van der Waals surface area contributed by atoms with Gasteiger partial charge in [-0.3, -0.25) is 9.59 Å². The second-order valence-electron chi connectivity index (χ2n) is 5.39. The predicted octanol–water partition coefficient (Wildman–Crippen LogP) is 3.22. The number of ether oxygens (including phenoxy) is 1. The molecule has 1 aliphatic carbocycles. The molecule has 0 radical (unpaired) electrons. The van der Waals surface area contributed by atoms with Crippen molar-refractivity contribution in [1.29, 1.82) is 0 Å². The molecule has 0 aliphatic heterocycles. The van der Waals surface area contributed by atoms with E-state index in [1.165, 1.54) is 13.3 Å². The number of hydrogen-bond acceptors (Lipinski definition) is 3. The zero-order valence-electron chi connectivity index (χ0n) is 12.3. The number of carbonyl (C=O) groups is 1. The fraction of sp³-hybridized carbons (Fsp3) is 0.375. The SMILES string of the molecule is CCC(=O)c1cn(C2CC2)c2c(OC)c(F)c(F)cc2c1=O. The van der Waals surface area contributed by atoms with Crippen molar-refractivity contribution in [3.8, 4) is 5.75 Å². The quantitative estimate of drug-likeness (QED) is 0.815. The number of halogens is 2. The minimum absolute atomic E-state index is 0.00922. The molecule has 1 aromatic heterocycles. The molecule has 0 N–H and O–H groups in total. The van der Waals surface area contributed by atoms with E-state index in [9.17, 15) is 18.4 Å². The van der Waals surface area contributed by atoms with Gasteiger partial charge in [0.2, 0.25) is 5.82 Å². The lowest BCUT2D eigenvalue weighted by Crippen LogP contribution is -2.19. The maximum Gasteiger partial charge on any atom is 0.202 e. The molecule has 3 rings (SSSR count). The Morgan fingerprint density at radius 1 is 1.41 bits per heavy atom. The van der Waals surface area contributed by atoms with E-state index in [0.29, 0.717) is 0 Å². The van der Waals surface area contributed by atoms with Crippen LogP contribution in [-0.2, 0) is 0 Å². The van der Waals surface area contributed by atoms with Crippen LogP contribution in [-0.4, -0.2) is 17.5 Å². The van der Waals surface area contributed by atoms with Gasteiger partial charge in [-0.2, -0.15) is 4.39 Å². The Hall–Kier alpha value is -2.24. The van der Waals surface area contributed by atoms with Crippen molar-refractivity contribution in [2.75, 3.05) is 7.11 Å². The highest BCUT2D eigenvalue weighted by atomic mass is 19.2. The van der Waals surface area contributed by atoms with E-state index in [1.54, 1.807) is 11.5 Å². The fourth-order valence-corrected chi connectivity index (χ4v) is 2.65. The first-order valence-corrected chi connectivity index (χ1v) is 7.13. The van der Waals surface area contributed by atoms with Crippen molar-refractivity contribution in [3.63, 3.8) is 0 Å². The number of pyridine rings is 1. The highest BCUT2D eigenvalue weighted by molar-refractivity contribution is 5.99. The van der Waals surface area contributed by atoms with E-state index in [1.807, 2.05) is 0 Å². The number of hydrogen-bond donors (Lipinski definition) is 0. The van der Waals surface area contributed by atoms with E-state index < -0.39 is 17.1 Å². The number of aromatic nitrogens is 1. The number of ketones is 1. The first-order valence-electron chi connectivity index (χ1n) is 7.13. The van der Waals surface area contributed by atoms with E-state index in [-0.39, 0.29) is 40.5 Å². The summed E-state index contributed by atoms with van der Waals surface area (Å²) in [5.41, 5.74) is -0.368. The van der Waals surface area contributed by atoms with Crippen LogP contribution in [0.15, 0.2) is 17.1 Å². The first kappa shape index (κ1) is 14.7. The number of methoxy groups -OCH3 is 1. The third-order valence-electron chi connectivity index (χ3n) is 3.93. The van der Waals surface area contributed by atoms with Gasteiger partial charge in [0, 0.05) is 18.7 Å². The van der Waals surface area contributed by atoms with E-state index in [0.717, 1.165) is 18.9 Å². The molecule has 0 saturated heterocycles. The topological polar surface area (TPSA) is 48.3 Å². The van der Waals surface area contributed by atoms with Crippen LogP contribution in [0.4, 0.5) is 8.78 Å². The molecule has 0 bridgehead atoms. The Morgan fingerprint density at radius 2 is 2.09 bits per heavy atom. The fourth-order valence-electron chi connectivity index (χ4n) is 2.65. The molecule has 0 spiro atoms. The average Bonchev–Trinajstić information content (AvgIpc) is 3.34. The summed E-state index contributed by atoms with van der Waals surface area (Å²) in [6, 6.07) is 0.922. The minimum Gasteiger partial charge on any atom is -0.491 e. The van der Waals surface area contributed by atoms with Crippen molar-refractivity contribution in [2.24, 2.45) is 0 Å². The predicted molar refractivity (Wildman–Crippen MR) is 77.6 cm³/mol. The third kappa shape index (κ3) is 2.10. The van der Waals surface area contributed by atoms with Crippen LogP contribution in [0.25, 0.3) is 10.9 Å². The maximum absolute atomic E-state index is 14.0. The molecule has 0 amide bonds. The van der Waals surface area contributed by atoms with Crippen molar-refractivity contribution >= 4 is 16.7 Å². The van der Waals surface area contributed by atoms with Crippen LogP contribution in [0.5, 0.6) is 5.75 Å². The summed E-state index contributed by atoms with van der Waals surface area (Å²) in [5, 5.41) is -0.0260. The Labute approximate surface area is 125 Å². The second kappa shape index (κ2) is 5.19. The van der Waals surface area contributed by atoms with E-state index in [2.05, 4.69) is 0 Å². The minimum atomic E-state index is -1.16. The summed E-state index contributed by atoms with van der Waals surface area (Å²) in [7, 11) is 1.23. The molecule has 1 saturated carbocycles. The Morgan fingerprint density at radius 3 is 2.64 bits per heavy atom. The summed E-state index contributed by atoms with van der Waals surface area (Å²) < 4.78 is 34.4. The molecule has 0 atom stereocenters. The smallest absolute Gasteiger partial charge is 0.202 e. The number of nitrogens with zero attached hydrogens (tertiary/aromatic N) is 1. The molecule has 116 valence electrons. The van der Waals surface area contributed by atoms with Crippen molar-refractivity contribution in [3.05, 3.63) is 39.7 Å². The van der Waals surface area contributed by atoms with Gasteiger partial charge in [-0.1, -0.05) is 6.92 Å². The van der Waals surface area contributed by atoms with Crippen LogP contribution in [0.2, 0.25) is 0 Å². The Bertz CT molecular complexity index is 838. The van der Waals surface area contributed by atoms with Crippen molar-refractivity contribution < 1.29 is 18.3 Å². The zero-order valence-corrected chi connectivity index (χ0v) is 12.3. The van der Waals surface area contributed by atoms with Gasteiger partial charge in [-0.25, -0.2) is 4.39 Å². The summed E-state index contributed by atoms with van der Waals surface area (Å²) in [6.45, 7) is 1.65. The zero-order chi connectivity index (χ0) is 16.0. The van der Waals surface area contributed by atoms with E-state index >= 15 is 0 Å². The molecule has 6 heteroatoms. The van der Waals surface area contributed by atoms with Gasteiger partial charge in [-0.05, 0) is 18.9 Å². The molecule has 1 fully saturated rings. The highest BCUT2D eigenvalue weighted by Crippen LogP contribution is 2.40. The third-order valence-corrected chi connectivity index (χ3v) is 3.93. The number of carbonyl (C=O) groups excluding carboxylic acids is 1. The number of rotatable bonds is 4. The van der Waals surface area contributed by atoms with Gasteiger partial charge >= 0.3 is 0 Å². The van der Waals surface area contributed by atoms with Crippen LogP contribution >= 0.6 is 0 Å². The first-order chi connectivity index (χ1) is 10.5. The standard InChI is InChI=1S/C16H15F2NO3/c1-3-12(20)10-7-19(8-4-5-8)14-9(15(10)21)6-11(17)13(18)16(14)22-2/h6-8H,3-5H2,1-2H3. The van der Waals surface area contributed by atoms with Crippen LogP contribution < -0.4 is 10.2 Å². The molecule has 22 heavy (non-hydrogen) atoms. The lowest BCUT2D eigenvalue weighted by Gasteiger charge is -2.16. The average molecular weight is 307 g/mol. The second-order valence-corrected chi connectivity index (χ2v) is 5.39. The molecular formula is C16H15F2NO3. The summed E-state index contributed by atoms with van der Waals surface area (Å²) in [5.74, 6) is -2.90. The van der Waals surface area contributed by atoms with E-state index in [4.69, 9.17) is 4.74 Å². The molecule has 2 aromatic rings. The highest BCUT2D eigenvalue weighted by Gasteiger charge is 2.29. The van der Waals surface area contributed by atoms with Crippen LogP contribution in [0.1, 0.15) is 42.6 Å². The normalized spacial score (nSPS) is 14.4. The number of benzene rings is 1. The van der Waals surface area contributed by atoms with Crippen molar-refractivity contribution in [1.82, 2.24) is 4.57 Å². The van der Waals surface area contributed by atoms with Gasteiger partial charge < -0.3 is 9.30 Å². The number of fused-ring (bicyclic) bond motifs is 1. The molecule has 1 aromatic carbocycles. The summed E-state index contributed by atoms with van der Waals surface area (Å²) in [4.78, 5) is 24.4. The van der Waals surface area contributed by atoms with Gasteiger partial charge in [0.05, 0.1) is 23.6 Å². The maximum atomic E-state index is 14.0. The molecular weight excluding hydrogens is 292 g/mol. The van der Waals surface area contributed by atoms with Gasteiger partial charge in [0.15, 0.2) is 22.8 Å². The Balaban J connectivity index is 2.47. The van der Waals surface area contributed by atoms with Gasteiger partial charge in [0.25, 0.3) is 0 Å². The summed E-state index contributed by atoms with van der Waals surface area (Å²) >= 11 is 0. The Kier molecular flexibility index (Phi) is 3.47. The summed E-state index contributed by atoms with van der Waals surface area (Å²) in [6.07, 6.45) is 3.35. The lowest BCUT2D eigenvalue weighted by atomic mass is 10.1. The molecule has 1 heterocycles. The van der Waals surface area contributed by atoms with Gasteiger partial charge in [0.1, 0.15) is 0 Å². The van der Waals surface area contributed by atoms with Crippen LogP contribution in [0.3, 0.4) is 0 Å². The molecule has 1 aliphatic rings. The van der Waals surface area contributed by atoms with Crippen molar-refractivity contribution in [2.45, 2.75) is 32.2 Å². The van der Waals surface area contributed by atoms with Gasteiger partial charge in [-0.15, -0.1) is 0 Å². The lowest BCUT2D eigenvalue weighted by molar-refractivity contribution is 0.0986. The monoisotopic (exact) mass is 307 g/mol. The largest absolute Gasteiger partial charge is 0.491 e. The van der Waals surface area contributed by atoms with Crippen LogP contribution in [0, 0.1) is 11.6 Å². The molecule has 0 unspecified atom stereocenters. The molecule has 4 nitrogen and oxygen atoms in total.